The highest BCUT2D eigenvalue weighted by atomic mass is 79.9. The summed E-state index contributed by atoms with van der Waals surface area (Å²) in [5.74, 6) is 0. The Kier molecular flexibility index (Phi) is 6.02. The minimum absolute atomic E-state index is 0.382. The van der Waals surface area contributed by atoms with Crippen LogP contribution in [0, 0.1) is 0 Å². The fourth-order valence-corrected chi connectivity index (χ4v) is 1.69. The summed E-state index contributed by atoms with van der Waals surface area (Å²) in [6.07, 6.45) is 6.09. The topological polar surface area (TPSA) is 51.2 Å². The molecule has 4 nitrogen and oxygen atoms in total. The van der Waals surface area contributed by atoms with E-state index in [-0.39, 0.29) is 6.09 Å². The van der Waals surface area contributed by atoms with Gasteiger partial charge in [-0.2, -0.15) is 0 Å². The van der Waals surface area contributed by atoms with Crippen LogP contribution in [-0.4, -0.2) is 23.2 Å². The molecule has 19 heavy (non-hydrogen) atoms. The molecular formula is C14H19BrN2O2. The second kappa shape index (κ2) is 7.28. The average molecular weight is 327 g/mol. The van der Waals surface area contributed by atoms with E-state index in [0.29, 0.717) is 6.54 Å². The van der Waals surface area contributed by atoms with Crippen LogP contribution in [0.1, 0.15) is 32.8 Å². The van der Waals surface area contributed by atoms with Gasteiger partial charge in [-0.3, -0.25) is 0 Å². The second-order valence-corrected chi connectivity index (χ2v) is 5.84. The molecule has 5 heteroatoms. The molecule has 0 saturated carbocycles. The Morgan fingerprint density at radius 3 is 2.89 bits per heavy atom. The molecule has 1 rings (SSSR count). The molecule has 0 fully saturated rings. The Hall–Kier alpha value is -1.36. The lowest BCUT2D eigenvalue weighted by Gasteiger charge is -2.19. The second-order valence-electron chi connectivity index (χ2n) is 5.03. The molecule has 1 amide bonds. The predicted molar refractivity (Wildman–Crippen MR) is 79.8 cm³/mol. The minimum atomic E-state index is -0.455. The van der Waals surface area contributed by atoms with E-state index in [1.54, 1.807) is 6.20 Å². The van der Waals surface area contributed by atoms with Crippen LogP contribution in [0.4, 0.5) is 4.79 Å². The highest BCUT2D eigenvalue weighted by Gasteiger charge is 2.14. The van der Waals surface area contributed by atoms with Crippen molar-refractivity contribution in [1.82, 2.24) is 10.3 Å². The average Bonchev–Trinajstić information content (AvgIpc) is 2.26. The number of amides is 1. The Labute approximate surface area is 122 Å². The van der Waals surface area contributed by atoms with Gasteiger partial charge in [0.25, 0.3) is 0 Å². The van der Waals surface area contributed by atoms with Gasteiger partial charge in [-0.15, -0.1) is 0 Å². The summed E-state index contributed by atoms with van der Waals surface area (Å²) in [4.78, 5) is 15.4. The van der Waals surface area contributed by atoms with Crippen molar-refractivity contribution < 1.29 is 9.53 Å². The number of carbonyl (C=O) groups excluding carboxylic acids is 1. The first-order valence-electron chi connectivity index (χ1n) is 6.12. The molecule has 0 radical (unpaired) electrons. The van der Waals surface area contributed by atoms with Crippen LogP contribution in [0.25, 0.3) is 6.08 Å². The maximum atomic E-state index is 11.4. The molecule has 0 aliphatic rings. The lowest BCUT2D eigenvalue weighted by Crippen LogP contribution is -2.32. The van der Waals surface area contributed by atoms with Crippen molar-refractivity contribution in [2.75, 3.05) is 6.54 Å². The van der Waals surface area contributed by atoms with Crippen molar-refractivity contribution >= 4 is 28.1 Å². The summed E-state index contributed by atoms with van der Waals surface area (Å²) >= 11 is 3.31. The Bertz CT molecular complexity index is 453. The number of pyridine rings is 1. The number of carbonyl (C=O) groups is 1. The molecule has 0 aliphatic carbocycles. The molecular weight excluding hydrogens is 308 g/mol. The SMILES string of the molecule is CC(C)(C)OC(=O)NCCC=Cc1ccnc(Br)c1. The third-order valence-corrected chi connectivity index (χ3v) is 2.47. The van der Waals surface area contributed by atoms with Crippen molar-refractivity contribution in [3.63, 3.8) is 0 Å². The predicted octanol–water partition coefficient (Wildman–Crippen LogP) is 3.77. The minimum Gasteiger partial charge on any atom is -0.444 e. The molecule has 0 atom stereocenters. The molecule has 0 unspecified atom stereocenters. The largest absolute Gasteiger partial charge is 0.444 e. The Morgan fingerprint density at radius 1 is 1.53 bits per heavy atom. The normalized spacial score (nSPS) is 11.6. The Morgan fingerprint density at radius 2 is 2.26 bits per heavy atom. The molecule has 0 saturated heterocycles. The number of ether oxygens (including phenoxy) is 1. The number of halogens is 1. The fourth-order valence-electron chi connectivity index (χ4n) is 1.31. The zero-order chi connectivity index (χ0) is 14.3. The number of alkyl carbamates (subject to hydrolysis) is 1. The highest BCUT2D eigenvalue weighted by Crippen LogP contribution is 2.09. The van der Waals surface area contributed by atoms with Gasteiger partial charge in [-0.1, -0.05) is 12.2 Å². The first-order chi connectivity index (χ1) is 8.87. The van der Waals surface area contributed by atoms with Crippen molar-refractivity contribution in [1.29, 1.82) is 0 Å². The molecule has 0 aliphatic heterocycles. The van der Waals surface area contributed by atoms with Gasteiger partial charge in [0, 0.05) is 12.7 Å². The smallest absolute Gasteiger partial charge is 0.407 e. The molecule has 0 spiro atoms. The molecule has 104 valence electrons. The highest BCUT2D eigenvalue weighted by molar-refractivity contribution is 9.10. The van der Waals surface area contributed by atoms with Crippen LogP contribution < -0.4 is 5.32 Å². The van der Waals surface area contributed by atoms with Gasteiger partial charge in [0.1, 0.15) is 10.2 Å². The number of nitrogens with zero attached hydrogens (tertiary/aromatic N) is 1. The van der Waals surface area contributed by atoms with Gasteiger partial charge in [0.15, 0.2) is 0 Å². The molecule has 1 N–H and O–H groups in total. The summed E-state index contributed by atoms with van der Waals surface area (Å²) in [5, 5.41) is 2.70. The third-order valence-electron chi connectivity index (χ3n) is 2.04. The van der Waals surface area contributed by atoms with Crippen LogP contribution in [0.15, 0.2) is 29.0 Å². The van der Waals surface area contributed by atoms with Crippen LogP contribution in [0.5, 0.6) is 0 Å². The monoisotopic (exact) mass is 326 g/mol. The zero-order valence-electron chi connectivity index (χ0n) is 11.4. The van der Waals surface area contributed by atoms with E-state index in [4.69, 9.17) is 4.74 Å². The van der Waals surface area contributed by atoms with Gasteiger partial charge in [-0.05, 0) is 60.8 Å². The van der Waals surface area contributed by atoms with Crippen LogP contribution >= 0.6 is 15.9 Å². The standard InChI is InChI=1S/C14H19BrN2O2/c1-14(2,3)19-13(18)17-8-5-4-6-11-7-9-16-12(15)10-11/h4,6-7,9-10H,5,8H2,1-3H3,(H,17,18). The van der Waals surface area contributed by atoms with E-state index in [9.17, 15) is 4.79 Å². The Balaban J connectivity index is 2.26. The summed E-state index contributed by atoms with van der Waals surface area (Å²) in [6, 6.07) is 3.85. The van der Waals surface area contributed by atoms with E-state index in [0.717, 1.165) is 16.6 Å². The number of rotatable bonds is 4. The van der Waals surface area contributed by atoms with Crippen molar-refractivity contribution in [2.45, 2.75) is 32.8 Å². The van der Waals surface area contributed by atoms with Crippen LogP contribution in [-0.2, 0) is 4.74 Å². The zero-order valence-corrected chi connectivity index (χ0v) is 13.0. The number of hydrogen-bond donors (Lipinski definition) is 1. The fraction of sp³-hybridized carbons (Fsp3) is 0.429. The number of hydrogen-bond acceptors (Lipinski definition) is 3. The lowest BCUT2D eigenvalue weighted by molar-refractivity contribution is 0.0529. The summed E-state index contributed by atoms with van der Waals surface area (Å²) < 4.78 is 5.94. The summed E-state index contributed by atoms with van der Waals surface area (Å²) in [5.41, 5.74) is 0.614. The maximum Gasteiger partial charge on any atom is 0.407 e. The molecule has 1 aromatic heterocycles. The maximum absolute atomic E-state index is 11.4. The van der Waals surface area contributed by atoms with E-state index < -0.39 is 5.60 Å². The third kappa shape index (κ3) is 7.62. The first-order valence-corrected chi connectivity index (χ1v) is 6.91. The van der Waals surface area contributed by atoms with E-state index >= 15 is 0 Å². The van der Waals surface area contributed by atoms with E-state index in [2.05, 4.69) is 26.2 Å². The van der Waals surface area contributed by atoms with Gasteiger partial charge in [0.05, 0.1) is 0 Å². The van der Waals surface area contributed by atoms with Crippen LogP contribution in [0.3, 0.4) is 0 Å². The lowest BCUT2D eigenvalue weighted by atomic mass is 10.2. The van der Waals surface area contributed by atoms with E-state index in [1.807, 2.05) is 45.1 Å². The van der Waals surface area contributed by atoms with Crippen molar-refractivity contribution in [3.8, 4) is 0 Å². The first kappa shape index (κ1) is 15.7. The van der Waals surface area contributed by atoms with Gasteiger partial charge in [-0.25, -0.2) is 9.78 Å². The van der Waals surface area contributed by atoms with E-state index in [1.165, 1.54) is 0 Å². The number of aromatic nitrogens is 1. The van der Waals surface area contributed by atoms with Crippen LogP contribution in [0.2, 0.25) is 0 Å². The van der Waals surface area contributed by atoms with Crippen molar-refractivity contribution in [3.05, 3.63) is 34.6 Å². The molecule has 0 aromatic carbocycles. The van der Waals surface area contributed by atoms with Gasteiger partial charge >= 0.3 is 6.09 Å². The van der Waals surface area contributed by atoms with Gasteiger partial charge in [0.2, 0.25) is 0 Å². The quantitative estimate of drug-likeness (QED) is 0.676. The molecule has 1 aromatic rings. The van der Waals surface area contributed by atoms with Gasteiger partial charge < -0.3 is 10.1 Å². The molecule has 1 heterocycles. The summed E-state index contributed by atoms with van der Waals surface area (Å²) in [7, 11) is 0. The van der Waals surface area contributed by atoms with Crippen molar-refractivity contribution in [2.24, 2.45) is 0 Å². The summed E-state index contributed by atoms with van der Waals surface area (Å²) in [6.45, 7) is 6.08. The number of nitrogens with one attached hydrogen (secondary N) is 1. The molecule has 0 bridgehead atoms.